The molecule has 0 amide bonds. The lowest BCUT2D eigenvalue weighted by Crippen LogP contribution is -2.46. The zero-order chi connectivity index (χ0) is 20.0. The molecule has 1 aromatic carbocycles. The molecule has 1 aliphatic heterocycles. The molecule has 2 rings (SSSR count). The monoisotopic (exact) mass is 378 g/mol. The van der Waals surface area contributed by atoms with Crippen LogP contribution in [-0.2, 0) is 6.54 Å². The van der Waals surface area contributed by atoms with Gasteiger partial charge in [0.15, 0.2) is 17.5 Å². The van der Waals surface area contributed by atoms with Crippen molar-refractivity contribution in [2.75, 3.05) is 41.5 Å². The van der Waals surface area contributed by atoms with E-state index in [0.29, 0.717) is 36.0 Å². The van der Waals surface area contributed by atoms with E-state index in [4.69, 9.17) is 14.2 Å². The van der Waals surface area contributed by atoms with Crippen molar-refractivity contribution >= 4 is 5.96 Å². The predicted octanol–water partition coefficient (Wildman–Crippen LogP) is 2.11. The number of aliphatic imine (C=N–C) groups is 1. The lowest BCUT2D eigenvalue weighted by Gasteiger charge is -2.22. The maximum atomic E-state index is 5.50. The van der Waals surface area contributed by atoms with E-state index < -0.39 is 0 Å². The number of guanidine groups is 1. The van der Waals surface area contributed by atoms with Crippen LogP contribution in [0.1, 0.15) is 26.3 Å². The Labute approximate surface area is 163 Å². The van der Waals surface area contributed by atoms with Gasteiger partial charge in [0.25, 0.3) is 0 Å². The Balaban J connectivity index is 2.04. The summed E-state index contributed by atoms with van der Waals surface area (Å²) in [4.78, 5) is 6.87. The van der Waals surface area contributed by atoms with E-state index in [-0.39, 0.29) is 0 Å². The van der Waals surface area contributed by atoms with Gasteiger partial charge in [-0.25, -0.2) is 0 Å². The minimum Gasteiger partial charge on any atom is -0.496 e. The van der Waals surface area contributed by atoms with Gasteiger partial charge in [0.05, 0.1) is 21.3 Å². The molecule has 0 bridgehead atoms. The van der Waals surface area contributed by atoms with Crippen molar-refractivity contribution in [1.29, 1.82) is 0 Å². The molecule has 2 unspecified atom stereocenters. The fourth-order valence-corrected chi connectivity index (χ4v) is 3.39. The first-order valence-electron chi connectivity index (χ1n) is 9.43. The van der Waals surface area contributed by atoms with E-state index in [1.54, 1.807) is 28.4 Å². The first-order valence-corrected chi connectivity index (χ1v) is 9.43. The number of ether oxygens (including phenoxy) is 3. The molecular weight excluding hydrogens is 344 g/mol. The largest absolute Gasteiger partial charge is 0.496 e. The van der Waals surface area contributed by atoms with Crippen LogP contribution in [0.5, 0.6) is 17.2 Å². The van der Waals surface area contributed by atoms with Crippen LogP contribution in [0.15, 0.2) is 17.1 Å². The second-order valence-corrected chi connectivity index (χ2v) is 7.22. The molecule has 1 heterocycles. The minimum atomic E-state index is 0.380. The molecule has 7 nitrogen and oxygen atoms in total. The van der Waals surface area contributed by atoms with Crippen LogP contribution in [0.25, 0.3) is 0 Å². The molecule has 0 saturated carbocycles. The molecule has 152 valence electrons. The van der Waals surface area contributed by atoms with E-state index in [2.05, 4.69) is 41.3 Å². The summed E-state index contributed by atoms with van der Waals surface area (Å²) in [5, 5.41) is 6.94. The normalized spacial score (nSPS) is 20.7. The number of likely N-dealkylation sites (tertiary alicyclic amines) is 1. The molecule has 1 saturated heterocycles. The van der Waals surface area contributed by atoms with Gasteiger partial charge in [-0.05, 0) is 25.8 Å². The van der Waals surface area contributed by atoms with Crippen LogP contribution in [-0.4, -0.2) is 64.4 Å². The summed E-state index contributed by atoms with van der Waals surface area (Å²) in [6.07, 6.45) is 0. The van der Waals surface area contributed by atoms with Gasteiger partial charge in [0.1, 0.15) is 5.75 Å². The van der Waals surface area contributed by atoms with Crippen LogP contribution in [0.2, 0.25) is 0 Å². The Morgan fingerprint density at radius 1 is 1.11 bits per heavy atom. The van der Waals surface area contributed by atoms with Gasteiger partial charge in [0.2, 0.25) is 0 Å². The number of nitrogens with one attached hydrogen (secondary N) is 2. The lowest BCUT2D eigenvalue weighted by molar-refractivity contribution is 0.265. The van der Waals surface area contributed by atoms with Crippen LogP contribution in [0, 0.1) is 5.92 Å². The molecule has 27 heavy (non-hydrogen) atoms. The molecule has 0 radical (unpaired) electrons. The average molecular weight is 379 g/mol. The molecule has 2 N–H and O–H groups in total. The summed E-state index contributed by atoms with van der Waals surface area (Å²) in [5.41, 5.74) is 0.973. The van der Waals surface area contributed by atoms with Gasteiger partial charge in [0, 0.05) is 50.4 Å². The van der Waals surface area contributed by atoms with Gasteiger partial charge in [-0.1, -0.05) is 6.92 Å². The number of rotatable bonds is 7. The number of hydrogen-bond acceptors (Lipinski definition) is 5. The highest BCUT2D eigenvalue weighted by atomic mass is 16.5. The van der Waals surface area contributed by atoms with Crippen molar-refractivity contribution < 1.29 is 14.2 Å². The van der Waals surface area contributed by atoms with Crippen LogP contribution in [0.3, 0.4) is 0 Å². The molecule has 0 aliphatic carbocycles. The highest BCUT2D eigenvalue weighted by Crippen LogP contribution is 2.34. The van der Waals surface area contributed by atoms with Gasteiger partial charge < -0.3 is 24.8 Å². The topological polar surface area (TPSA) is 67.4 Å². The van der Waals surface area contributed by atoms with E-state index in [0.717, 1.165) is 30.4 Å². The Kier molecular flexibility index (Phi) is 7.59. The standard InChI is InChI=1S/C20H34N4O3/c1-13(2)24-11-14(3)16(12-24)23-20(21-4)22-10-15-8-18(26-6)19(27-7)9-17(15)25-5/h8-9,13-14,16H,10-12H2,1-7H3,(H2,21,22,23). The quantitative estimate of drug-likeness (QED) is 0.560. The molecule has 2 atom stereocenters. The van der Waals surface area contributed by atoms with Gasteiger partial charge in [-0.15, -0.1) is 0 Å². The first-order chi connectivity index (χ1) is 12.9. The summed E-state index contributed by atoms with van der Waals surface area (Å²) < 4.78 is 16.3. The van der Waals surface area contributed by atoms with E-state index in [9.17, 15) is 0 Å². The molecule has 1 aromatic rings. The van der Waals surface area contributed by atoms with E-state index in [1.807, 2.05) is 12.1 Å². The number of benzene rings is 1. The molecule has 1 fully saturated rings. The Hall–Kier alpha value is -2.15. The Morgan fingerprint density at radius 2 is 1.74 bits per heavy atom. The van der Waals surface area contributed by atoms with Gasteiger partial charge >= 0.3 is 0 Å². The van der Waals surface area contributed by atoms with Crippen molar-refractivity contribution in [2.45, 2.75) is 39.4 Å². The maximum Gasteiger partial charge on any atom is 0.191 e. The smallest absolute Gasteiger partial charge is 0.191 e. The third-order valence-corrected chi connectivity index (χ3v) is 5.15. The first kappa shape index (κ1) is 21.2. The molecule has 7 heteroatoms. The van der Waals surface area contributed by atoms with Crippen LogP contribution >= 0.6 is 0 Å². The van der Waals surface area contributed by atoms with Crippen molar-refractivity contribution in [1.82, 2.24) is 15.5 Å². The van der Waals surface area contributed by atoms with E-state index >= 15 is 0 Å². The van der Waals surface area contributed by atoms with Crippen molar-refractivity contribution in [3.63, 3.8) is 0 Å². The fraction of sp³-hybridized carbons (Fsp3) is 0.650. The number of hydrogen-bond donors (Lipinski definition) is 2. The molecule has 1 aliphatic rings. The number of nitrogens with zero attached hydrogens (tertiary/aromatic N) is 2. The molecule has 0 spiro atoms. The predicted molar refractivity (Wildman–Crippen MR) is 109 cm³/mol. The summed E-state index contributed by atoms with van der Waals surface area (Å²) in [5.74, 6) is 3.43. The minimum absolute atomic E-state index is 0.380. The Morgan fingerprint density at radius 3 is 2.26 bits per heavy atom. The highest BCUT2D eigenvalue weighted by Gasteiger charge is 2.31. The maximum absolute atomic E-state index is 5.50. The molecule has 0 aromatic heterocycles. The highest BCUT2D eigenvalue weighted by molar-refractivity contribution is 5.80. The lowest BCUT2D eigenvalue weighted by atomic mass is 10.1. The summed E-state index contributed by atoms with van der Waals surface area (Å²) in [6.45, 7) is 9.47. The van der Waals surface area contributed by atoms with Gasteiger partial charge in [-0.2, -0.15) is 0 Å². The van der Waals surface area contributed by atoms with E-state index in [1.165, 1.54) is 0 Å². The van der Waals surface area contributed by atoms with Crippen molar-refractivity contribution in [3.05, 3.63) is 17.7 Å². The van der Waals surface area contributed by atoms with Crippen LogP contribution < -0.4 is 24.8 Å². The number of methoxy groups -OCH3 is 3. The van der Waals surface area contributed by atoms with Crippen LogP contribution in [0.4, 0.5) is 0 Å². The zero-order valence-electron chi connectivity index (χ0n) is 17.6. The molecular formula is C20H34N4O3. The third-order valence-electron chi connectivity index (χ3n) is 5.15. The fourth-order valence-electron chi connectivity index (χ4n) is 3.39. The summed E-state index contributed by atoms with van der Waals surface area (Å²) in [7, 11) is 6.69. The Bertz CT molecular complexity index is 648. The van der Waals surface area contributed by atoms with Crippen molar-refractivity contribution in [3.8, 4) is 17.2 Å². The third kappa shape index (κ3) is 5.19. The average Bonchev–Trinajstić information content (AvgIpc) is 3.04. The van der Waals surface area contributed by atoms with Gasteiger partial charge in [-0.3, -0.25) is 9.89 Å². The van der Waals surface area contributed by atoms with Crippen molar-refractivity contribution in [2.24, 2.45) is 10.9 Å². The zero-order valence-corrected chi connectivity index (χ0v) is 17.6. The summed E-state index contributed by atoms with van der Waals surface area (Å²) in [6, 6.07) is 4.71. The summed E-state index contributed by atoms with van der Waals surface area (Å²) >= 11 is 0. The SMILES string of the molecule is CN=C(NCc1cc(OC)c(OC)cc1OC)NC1CN(C(C)C)CC1C. The second-order valence-electron chi connectivity index (χ2n) is 7.22. The second kappa shape index (κ2) is 9.69.